The summed E-state index contributed by atoms with van der Waals surface area (Å²) in [5.74, 6) is -1.04. The van der Waals surface area contributed by atoms with E-state index in [-0.39, 0.29) is 12.6 Å². The average Bonchev–Trinajstić information content (AvgIpc) is 2.45. The Morgan fingerprint density at radius 3 is 2.45 bits per heavy atom. The molecule has 0 spiro atoms. The van der Waals surface area contributed by atoms with E-state index >= 15 is 0 Å². The number of anilines is 1. The van der Waals surface area contributed by atoms with Crippen molar-refractivity contribution in [2.45, 2.75) is 6.42 Å². The molecule has 0 aliphatic rings. The Balaban J connectivity index is 2.77. The third-order valence-electron chi connectivity index (χ3n) is 2.84. The van der Waals surface area contributed by atoms with E-state index in [1.54, 1.807) is 31.3 Å². The van der Waals surface area contributed by atoms with E-state index in [1.807, 2.05) is 13.1 Å². The Labute approximate surface area is 119 Å². The molecular weight excluding hydrogens is 258 g/mol. The molecule has 0 radical (unpaired) electrons. The van der Waals surface area contributed by atoms with Crippen LogP contribution in [-0.2, 0) is 4.79 Å². The van der Waals surface area contributed by atoms with Gasteiger partial charge in [0.1, 0.15) is 6.54 Å². The fourth-order valence-corrected chi connectivity index (χ4v) is 1.81. The highest BCUT2D eigenvalue weighted by Gasteiger charge is 2.21. The minimum absolute atomic E-state index is 0.310. The van der Waals surface area contributed by atoms with Crippen LogP contribution in [0.4, 0.5) is 10.5 Å². The molecule has 6 heteroatoms. The van der Waals surface area contributed by atoms with Crippen LogP contribution in [0.15, 0.2) is 30.3 Å². The minimum Gasteiger partial charge on any atom is -0.480 e. The van der Waals surface area contributed by atoms with E-state index in [0.29, 0.717) is 12.2 Å². The number of para-hydroxylation sites is 1. The number of carboxylic acids is 1. The van der Waals surface area contributed by atoms with Gasteiger partial charge in [0.15, 0.2) is 0 Å². The van der Waals surface area contributed by atoms with Gasteiger partial charge >= 0.3 is 12.0 Å². The molecule has 0 unspecified atom stereocenters. The number of hydrogen-bond acceptors (Lipinski definition) is 3. The lowest BCUT2D eigenvalue weighted by Gasteiger charge is -2.27. The molecule has 0 saturated carbocycles. The number of carboxylic acid groups (broad SMARTS) is 1. The highest BCUT2D eigenvalue weighted by molar-refractivity contribution is 5.96. The molecule has 6 nitrogen and oxygen atoms in total. The van der Waals surface area contributed by atoms with E-state index in [0.717, 1.165) is 13.0 Å². The van der Waals surface area contributed by atoms with Crippen molar-refractivity contribution in [3.05, 3.63) is 30.3 Å². The lowest BCUT2D eigenvalue weighted by molar-refractivity contribution is -0.135. The highest BCUT2D eigenvalue weighted by Crippen LogP contribution is 2.14. The van der Waals surface area contributed by atoms with Gasteiger partial charge in [-0.3, -0.25) is 9.69 Å². The van der Waals surface area contributed by atoms with Gasteiger partial charge in [0, 0.05) is 19.3 Å². The number of amides is 2. The second kappa shape index (κ2) is 8.16. The lowest BCUT2D eigenvalue weighted by Crippen LogP contribution is -2.44. The maximum Gasteiger partial charge on any atom is 0.324 e. The summed E-state index contributed by atoms with van der Waals surface area (Å²) in [6.45, 7) is 1.03. The number of carbonyl (C=O) groups excluding carboxylic acids is 1. The predicted molar refractivity (Wildman–Crippen MR) is 78.0 cm³/mol. The van der Waals surface area contributed by atoms with Crippen molar-refractivity contribution in [1.82, 2.24) is 10.2 Å². The van der Waals surface area contributed by atoms with Gasteiger partial charge in [0.05, 0.1) is 0 Å². The molecular formula is C14H21N3O3. The number of benzene rings is 1. The molecule has 0 heterocycles. The zero-order valence-corrected chi connectivity index (χ0v) is 11.9. The first-order chi connectivity index (χ1) is 9.56. The van der Waals surface area contributed by atoms with Gasteiger partial charge < -0.3 is 15.3 Å². The number of rotatable bonds is 7. The fraction of sp³-hybridized carbons (Fsp3) is 0.429. The summed E-state index contributed by atoms with van der Waals surface area (Å²) in [5, 5.41) is 12.0. The van der Waals surface area contributed by atoms with Crippen LogP contribution in [0, 0.1) is 0 Å². The SMILES string of the molecule is CNCCCN(C)C(=O)N(CC(=O)O)c1ccccc1. The third kappa shape index (κ3) is 4.89. The number of carbonyl (C=O) groups is 2. The Hall–Kier alpha value is -2.08. The van der Waals surface area contributed by atoms with Crippen molar-refractivity contribution >= 4 is 17.7 Å². The van der Waals surface area contributed by atoms with Gasteiger partial charge in [-0.05, 0) is 32.1 Å². The zero-order chi connectivity index (χ0) is 15.0. The number of aliphatic carboxylic acids is 1. The lowest BCUT2D eigenvalue weighted by atomic mass is 10.3. The Morgan fingerprint density at radius 2 is 1.90 bits per heavy atom. The van der Waals surface area contributed by atoms with Crippen molar-refractivity contribution in [1.29, 1.82) is 0 Å². The molecule has 0 fully saturated rings. The Bertz CT molecular complexity index is 437. The van der Waals surface area contributed by atoms with Crippen LogP contribution in [0.25, 0.3) is 0 Å². The predicted octanol–water partition coefficient (Wildman–Crippen LogP) is 1.24. The second-order valence-electron chi connectivity index (χ2n) is 4.48. The van der Waals surface area contributed by atoms with Gasteiger partial charge in [0.25, 0.3) is 0 Å². The summed E-state index contributed by atoms with van der Waals surface area (Å²) in [6, 6.07) is 8.51. The monoisotopic (exact) mass is 279 g/mol. The Morgan fingerprint density at radius 1 is 1.25 bits per heavy atom. The third-order valence-corrected chi connectivity index (χ3v) is 2.84. The van der Waals surface area contributed by atoms with Crippen molar-refractivity contribution in [2.24, 2.45) is 0 Å². The number of nitrogens with one attached hydrogen (secondary N) is 1. The van der Waals surface area contributed by atoms with Gasteiger partial charge in [-0.15, -0.1) is 0 Å². The molecule has 1 rings (SSSR count). The van der Waals surface area contributed by atoms with Gasteiger partial charge in [0.2, 0.25) is 0 Å². The molecule has 1 aromatic rings. The van der Waals surface area contributed by atoms with Gasteiger partial charge in [-0.1, -0.05) is 18.2 Å². The van der Waals surface area contributed by atoms with Crippen molar-refractivity contribution in [2.75, 3.05) is 38.6 Å². The normalized spacial score (nSPS) is 10.1. The van der Waals surface area contributed by atoms with E-state index < -0.39 is 5.97 Å². The van der Waals surface area contributed by atoms with E-state index in [1.165, 1.54) is 9.80 Å². The average molecular weight is 279 g/mol. The van der Waals surface area contributed by atoms with Gasteiger partial charge in [-0.2, -0.15) is 0 Å². The van der Waals surface area contributed by atoms with Crippen LogP contribution in [0.1, 0.15) is 6.42 Å². The van der Waals surface area contributed by atoms with Gasteiger partial charge in [-0.25, -0.2) is 4.79 Å². The minimum atomic E-state index is -1.04. The maximum atomic E-state index is 12.3. The van der Waals surface area contributed by atoms with Crippen LogP contribution in [0.5, 0.6) is 0 Å². The van der Waals surface area contributed by atoms with Crippen LogP contribution in [0.2, 0.25) is 0 Å². The topological polar surface area (TPSA) is 72.9 Å². The first-order valence-electron chi connectivity index (χ1n) is 6.50. The van der Waals surface area contributed by atoms with E-state index in [2.05, 4.69) is 5.32 Å². The van der Waals surface area contributed by atoms with E-state index in [4.69, 9.17) is 5.11 Å². The summed E-state index contributed by atoms with van der Waals surface area (Å²) < 4.78 is 0. The fourth-order valence-electron chi connectivity index (χ4n) is 1.81. The van der Waals surface area contributed by atoms with Crippen LogP contribution < -0.4 is 10.2 Å². The summed E-state index contributed by atoms with van der Waals surface area (Å²) in [5.41, 5.74) is 0.584. The van der Waals surface area contributed by atoms with Crippen molar-refractivity contribution in [3.8, 4) is 0 Å². The molecule has 0 bridgehead atoms. The molecule has 0 atom stereocenters. The summed E-state index contributed by atoms with van der Waals surface area (Å²) in [6.07, 6.45) is 0.814. The highest BCUT2D eigenvalue weighted by atomic mass is 16.4. The molecule has 20 heavy (non-hydrogen) atoms. The summed E-state index contributed by atoms with van der Waals surface area (Å²) in [4.78, 5) is 26.1. The molecule has 2 N–H and O–H groups in total. The van der Waals surface area contributed by atoms with Crippen LogP contribution in [0.3, 0.4) is 0 Å². The number of hydrogen-bond donors (Lipinski definition) is 2. The number of nitrogens with zero attached hydrogens (tertiary/aromatic N) is 2. The smallest absolute Gasteiger partial charge is 0.324 e. The maximum absolute atomic E-state index is 12.3. The number of urea groups is 1. The van der Waals surface area contributed by atoms with Crippen molar-refractivity contribution in [3.63, 3.8) is 0 Å². The first kappa shape index (κ1) is 16.0. The van der Waals surface area contributed by atoms with Crippen molar-refractivity contribution < 1.29 is 14.7 Å². The second-order valence-corrected chi connectivity index (χ2v) is 4.48. The molecule has 0 aromatic heterocycles. The Kier molecular flexibility index (Phi) is 6.52. The zero-order valence-electron chi connectivity index (χ0n) is 11.9. The first-order valence-corrected chi connectivity index (χ1v) is 6.50. The molecule has 2 amide bonds. The van der Waals surface area contributed by atoms with Crippen LogP contribution >= 0.6 is 0 Å². The summed E-state index contributed by atoms with van der Waals surface area (Å²) >= 11 is 0. The van der Waals surface area contributed by atoms with Crippen LogP contribution in [-0.4, -0.2) is 55.7 Å². The molecule has 0 saturated heterocycles. The largest absolute Gasteiger partial charge is 0.480 e. The molecule has 1 aromatic carbocycles. The molecule has 0 aliphatic heterocycles. The quantitative estimate of drug-likeness (QED) is 0.737. The summed E-state index contributed by atoms with van der Waals surface area (Å²) in [7, 11) is 3.53. The standard InChI is InChI=1S/C14H21N3O3/c1-15-9-6-10-16(2)14(20)17(11-13(18)19)12-7-4-3-5-8-12/h3-5,7-8,15H,6,9-11H2,1-2H3,(H,18,19). The molecule has 0 aliphatic carbocycles. The van der Waals surface area contributed by atoms with E-state index in [9.17, 15) is 9.59 Å². The molecule has 110 valence electrons.